The molecular weight excluding hydrogens is 229 g/mol. The molecule has 0 heterocycles. The predicted octanol–water partition coefficient (Wildman–Crippen LogP) is 3.22. The summed E-state index contributed by atoms with van der Waals surface area (Å²) in [6, 6.07) is 2.04. The summed E-state index contributed by atoms with van der Waals surface area (Å²) >= 11 is 0. The van der Waals surface area contributed by atoms with Crippen LogP contribution in [-0.2, 0) is 0 Å². The molecule has 1 aromatic rings. The van der Waals surface area contributed by atoms with Crippen molar-refractivity contribution < 1.29 is 13.2 Å². The second kappa shape index (κ2) is 4.77. The minimum atomic E-state index is -1.48. The molecule has 1 N–H and O–H groups in total. The SMILES string of the molecule is C/C(=N\NC(C)(C)C)c1ccc(F)c(F)c1F. The van der Waals surface area contributed by atoms with Crippen LogP contribution in [0, 0.1) is 17.5 Å². The molecule has 17 heavy (non-hydrogen) atoms. The van der Waals surface area contributed by atoms with Gasteiger partial charge >= 0.3 is 0 Å². The Kier molecular flexibility index (Phi) is 3.80. The van der Waals surface area contributed by atoms with E-state index in [0.29, 0.717) is 0 Å². The normalized spacial score (nSPS) is 12.8. The van der Waals surface area contributed by atoms with Gasteiger partial charge in [-0.1, -0.05) is 0 Å². The third kappa shape index (κ3) is 3.47. The maximum Gasteiger partial charge on any atom is 0.195 e. The fourth-order valence-corrected chi connectivity index (χ4v) is 1.12. The summed E-state index contributed by atoms with van der Waals surface area (Å²) in [5.74, 6) is -3.91. The Morgan fingerprint density at radius 2 is 1.71 bits per heavy atom. The van der Waals surface area contributed by atoms with Gasteiger partial charge in [0.1, 0.15) is 0 Å². The third-order valence-corrected chi connectivity index (χ3v) is 1.98. The molecule has 0 aromatic heterocycles. The zero-order valence-corrected chi connectivity index (χ0v) is 10.2. The van der Waals surface area contributed by atoms with Gasteiger partial charge in [0.25, 0.3) is 0 Å². The second-order valence-electron chi connectivity index (χ2n) is 4.78. The zero-order chi connectivity index (χ0) is 13.2. The Morgan fingerprint density at radius 1 is 1.12 bits per heavy atom. The molecule has 0 aliphatic heterocycles. The van der Waals surface area contributed by atoms with Crippen LogP contribution in [0.2, 0.25) is 0 Å². The lowest BCUT2D eigenvalue weighted by atomic mass is 10.1. The molecule has 0 radical (unpaired) electrons. The Labute approximate surface area is 98.5 Å². The van der Waals surface area contributed by atoms with Gasteiger partial charge in [-0.15, -0.1) is 0 Å². The van der Waals surface area contributed by atoms with E-state index in [1.54, 1.807) is 0 Å². The molecule has 1 rings (SSSR count). The first-order chi connectivity index (χ1) is 7.72. The molecule has 0 atom stereocenters. The third-order valence-electron chi connectivity index (χ3n) is 1.98. The highest BCUT2D eigenvalue weighted by atomic mass is 19.2. The quantitative estimate of drug-likeness (QED) is 0.482. The number of nitrogens with zero attached hydrogens (tertiary/aromatic N) is 1. The lowest BCUT2D eigenvalue weighted by Gasteiger charge is -2.18. The van der Waals surface area contributed by atoms with Gasteiger partial charge in [-0.2, -0.15) is 5.10 Å². The molecule has 0 saturated carbocycles. The first-order valence-electron chi connectivity index (χ1n) is 5.17. The van der Waals surface area contributed by atoms with Gasteiger partial charge in [0, 0.05) is 11.1 Å². The van der Waals surface area contributed by atoms with Crippen LogP contribution in [0.5, 0.6) is 0 Å². The minimum absolute atomic E-state index is 0.0550. The average Bonchev–Trinajstić information content (AvgIpc) is 2.22. The van der Waals surface area contributed by atoms with Crippen LogP contribution in [0.25, 0.3) is 0 Å². The van der Waals surface area contributed by atoms with Gasteiger partial charge in [-0.05, 0) is 39.8 Å². The standard InChI is InChI=1S/C12H15F3N2/c1-7(16-17-12(2,3)4)8-5-6-9(13)11(15)10(8)14/h5-6,17H,1-4H3/b16-7+. The molecule has 0 amide bonds. The van der Waals surface area contributed by atoms with Gasteiger partial charge in [-0.25, -0.2) is 13.2 Å². The van der Waals surface area contributed by atoms with E-state index in [-0.39, 0.29) is 16.8 Å². The van der Waals surface area contributed by atoms with Crippen molar-refractivity contribution in [1.29, 1.82) is 0 Å². The highest BCUT2D eigenvalue weighted by molar-refractivity contribution is 5.98. The van der Waals surface area contributed by atoms with E-state index in [1.807, 2.05) is 20.8 Å². The summed E-state index contributed by atoms with van der Waals surface area (Å²) in [5, 5.41) is 3.93. The van der Waals surface area contributed by atoms with Crippen molar-refractivity contribution in [2.45, 2.75) is 33.2 Å². The first kappa shape index (κ1) is 13.5. The Balaban J connectivity index is 3.05. The summed E-state index contributed by atoms with van der Waals surface area (Å²) in [5.41, 5.74) is 2.71. The topological polar surface area (TPSA) is 24.4 Å². The highest BCUT2D eigenvalue weighted by Gasteiger charge is 2.15. The van der Waals surface area contributed by atoms with Gasteiger partial charge in [0.15, 0.2) is 17.5 Å². The molecule has 94 valence electrons. The van der Waals surface area contributed by atoms with Crippen molar-refractivity contribution in [2.75, 3.05) is 0 Å². The summed E-state index contributed by atoms with van der Waals surface area (Å²) in [6.07, 6.45) is 0. The van der Waals surface area contributed by atoms with Crippen molar-refractivity contribution in [3.05, 3.63) is 35.1 Å². The number of nitrogens with one attached hydrogen (secondary N) is 1. The largest absolute Gasteiger partial charge is 0.305 e. The van der Waals surface area contributed by atoms with Crippen molar-refractivity contribution >= 4 is 5.71 Å². The van der Waals surface area contributed by atoms with Crippen LogP contribution < -0.4 is 5.43 Å². The van der Waals surface area contributed by atoms with Crippen LogP contribution in [0.4, 0.5) is 13.2 Å². The molecule has 0 fully saturated rings. The highest BCUT2D eigenvalue weighted by Crippen LogP contribution is 2.16. The van der Waals surface area contributed by atoms with Gasteiger partial charge < -0.3 is 5.43 Å². The van der Waals surface area contributed by atoms with Crippen molar-refractivity contribution in [3.63, 3.8) is 0 Å². The van der Waals surface area contributed by atoms with Crippen LogP contribution in [0.1, 0.15) is 33.3 Å². The van der Waals surface area contributed by atoms with E-state index in [0.717, 1.165) is 12.1 Å². The van der Waals surface area contributed by atoms with E-state index in [1.165, 1.54) is 6.92 Å². The minimum Gasteiger partial charge on any atom is -0.305 e. The average molecular weight is 244 g/mol. The number of benzene rings is 1. The summed E-state index contributed by atoms with van der Waals surface area (Å²) in [4.78, 5) is 0. The maximum atomic E-state index is 13.4. The molecule has 0 aliphatic rings. The second-order valence-corrected chi connectivity index (χ2v) is 4.78. The fraction of sp³-hybridized carbons (Fsp3) is 0.417. The van der Waals surface area contributed by atoms with Gasteiger partial charge in [-0.3, -0.25) is 0 Å². The smallest absolute Gasteiger partial charge is 0.195 e. The Hall–Kier alpha value is -1.52. The van der Waals surface area contributed by atoms with Crippen molar-refractivity contribution in [3.8, 4) is 0 Å². The van der Waals surface area contributed by atoms with Crippen LogP contribution in [-0.4, -0.2) is 11.3 Å². The fourth-order valence-electron chi connectivity index (χ4n) is 1.12. The summed E-state index contributed by atoms with van der Waals surface area (Å²) in [6.45, 7) is 7.16. The monoisotopic (exact) mass is 244 g/mol. The number of hydrazone groups is 1. The van der Waals surface area contributed by atoms with E-state index in [4.69, 9.17) is 0 Å². The molecule has 0 saturated heterocycles. The van der Waals surface area contributed by atoms with Crippen LogP contribution >= 0.6 is 0 Å². The lowest BCUT2D eigenvalue weighted by molar-refractivity contribution is 0.438. The summed E-state index contributed by atoms with van der Waals surface area (Å²) in [7, 11) is 0. The molecule has 1 aromatic carbocycles. The molecule has 5 heteroatoms. The van der Waals surface area contributed by atoms with E-state index < -0.39 is 17.5 Å². The molecule has 0 unspecified atom stereocenters. The van der Waals surface area contributed by atoms with E-state index in [2.05, 4.69) is 10.5 Å². The zero-order valence-electron chi connectivity index (χ0n) is 10.2. The Bertz CT molecular complexity index is 448. The number of rotatable bonds is 2. The number of halogens is 3. The van der Waals surface area contributed by atoms with Crippen LogP contribution in [0.3, 0.4) is 0 Å². The van der Waals surface area contributed by atoms with Gasteiger partial charge in [0.2, 0.25) is 0 Å². The van der Waals surface area contributed by atoms with Crippen molar-refractivity contribution in [1.82, 2.24) is 5.43 Å². The maximum absolute atomic E-state index is 13.4. The lowest BCUT2D eigenvalue weighted by Crippen LogP contribution is -2.32. The summed E-state index contributed by atoms with van der Waals surface area (Å²) < 4.78 is 39.1. The van der Waals surface area contributed by atoms with Gasteiger partial charge in [0.05, 0.1) is 5.71 Å². The predicted molar refractivity (Wildman–Crippen MR) is 61.4 cm³/mol. The molecular formula is C12H15F3N2. The Morgan fingerprint density at radius 3 is 2.24 bits per heavy atom. The molecule has 0 bridgehead atoms. The van der Waals surface area contributed by atoms with Crippen LogP contribution in [0.15, 0.2) is 17.2 Å². The van der Waals surface area contributed by atoms with E-state index >= 15 is 0 Å². The molecule has 0 spiro atoms. The van der Waals surface area contributed by atoms with Crippen molar-refractivity contribution in [2.24, 2.45) is 5.10 Å². The number of hydrogen-bond donors (Lipinski definition) is 1. The molecule has 2 nitrogen and oxygen atoms in total. The molecule has 0 aliphatic carbocycles. The number of hydrogen-bond acceptors (Lipinski definition) is 2. The first-order valence-corrected chi connectivity index (χ1v) is 5.17. The van der Waals surface area contributed by atoms with E-state index in [9.17, 15) is 13.2 Å².